The maximum atomic E-state index is 11.4. The van der Waals surface area contributed by atoms with Gasteiger partial charge in [-0.1, -0.05) is 11.6 Å². The molecule has 0 aliphatic carbocycles. The van der Waals surface area contributed by atoms with Crippen LogP contribution >= 0.6 is 0 Å². The minimum atomic E-state index is -0.811. The van der Waals surface area contributed by atoms with Crippen molar-refractivity contribution in [3.63, 3.8) is 0 Å². The van der Waals surface area contributed by atoms with E-state index in [1.807, 2.05) is 19.9 Å². The summed E-state index contributed by atoms with van der Waals surface area (Å²) in [5.74, 6) is -1.45. The molecule has 7 nitrogen and oxygen atoms in total. The summed E-state index contributed by atoms with van der Waals surface area (Å²) < 4.78 is 21.5. The van der Waals surface area contributed by atoms with E-state index < -0.39 is 36.2 Å². The molecule has 1 fully saturated rings. The standard InChI is InChI=1S/C17H26O7/c1-10(2)6-7-14-8-15(22-12(4)19)17(23-13(5)20)16(24-14)9-21-11(3)18/h6,14-17H,7-9H2,1-5H3/t14-,15+,16+,17-/m0/s1. The third kappa shape index (κ3) is 7.12. The van der Waals surface area contributed by atoms with E-state index in [1.165, 1.54) is 20.8 Å². The molecule has 24 heavy (non-hydrogen) atoms. The van der Waals surface area contributed by atoms with E-state index in [0.29, 0.717) is 12.8 Å². The second-order valence-corrected chi connectivity index (χ2v) is 6.07. The van der Waals surface area contributed by atoms with Crippen molar-refractivity contribution in [2.75, 3.05) is 6.61 Å². The topological polar surface area (TPSA) is 88.1 Å². The zero-order chi connectivity index (χ0) is 18.3. The molecule has 1 saturated heterocycles. The molecule has 4 atom stereocenters. The molecule has 1 rings (SSSR count). The smallest absolute Gasteiger partial charge is 0.303 e. The number of esters is 3. The number of rotatable bonds is 6. The Balaban J connectivity index is 2.95. The Morgan fingerprint density at radius 3 is 2.12 bits per heavy atom. The molecule has 0 bridgehead atoms. The van der Waals surface area contributed by atoms with Gasteiger partial charge in [0.1, 0.15) is 18.8 Å². The van der Waals surface area contributed by atoms with Crippen LogP contribution in [0.1, 0.15) is 47.5 Å². The summed E-state index contributed by atoms with van der Waals surface area (Å²) in [6.07, 6.45) is 0.680. The van der Waals surface area contributed by atoms with E-state index in [9.17, 15) is 14.4 Å². The van der Waals surface area contributed by atoms with Gasteiger partial charge in [0.25, 0.3) is 0 Å². The van der Waals surface area contributed by atoms with E-state index in [0.717, 1.165) is 5.57 Å². The van der Waals surface area contributed by atoms with Gasteiger partial charge in [-0.05, 0) is 20.3 Å². The summed E-state index contributed by atoms with van der Waals surface area (Å²) in [5.41, 5.74) is 1.14. The molecular formula is C17H26O7. The summed E-state index contributed by atoms with van der Waals surface area (Å²) in [4.78, 5) is 33.9. The van der Waals surface area contributed by atoms with Gasteiger partial charge in [-0.15, -0.1) is 0 Å². The van der Waals surface area contributed by atoms with Crippen LogP contribution in [-0.2, 0) is 33.3 Å². The molecule has 0 saturated carbocycles. The van der Waals surface area contributed by atoms with E-state index in [-0.39, 0.29) is 12.7 Å². The zero-order valence-corrected chi connectivity index (χ0v) is 14.9. The van der Waals surface area contributed by atoms with Crippen molar-refractivity contribution in [1.29, 1.82) is 0 Å². The molecule has 0 amide bonds. The molecule has 0 aromatic heterocycles. The number of ether oxygens (including phenoxy) is 4. The summed E-state index contributed by atoms with van der Waals surface area (Å²) >= 11 is 0. The Morgan fingerprint density at radius 2 is 1.62 bits per heavy atom. The quantitative estimate of drug-likeness (QED) is 0.414. The summed E-state index contributed by atoms with van der Waals surface area (Å²) in [7, 11) is 0. The molecule has 7 heteroatoms. The van der Waals surface area contributed by atoms with Gasteiger partial charge in [0.05, 0.1) is 6.10 Å². The Kier molecular flexibility index (Phi) is 7.91. The van der Waals surface area contributed by atoms with Crippen molar-refractivity contribution in [1.82, 2.24) is 0 Å². The molecule has 1 aliphatic heterocycles. The maximum Gasteiger partial charge on any atom is 0.303 e. The highest BCUT2D eigenvalue weighted by molar-refractivity contribution is 5.67. The molecular weight excluding hydrogens is 316 g/mol. The largest absolute Gasteiger partial charge is 0.463 e. The van der Waals surface area contributed by atoms with Gasteiger partial charge < -0.3 is 18.9 Å². The molecule has 0 aromatic rings. The fourth-order valence-electron chi connectivity index (χ4n) is 2.54. The third-order valence-corrected chi connectivity index (χ3v) is 3.45. The summed E-state index contributed by atoms with van der Waals surface area (Å²) in [5, 5.41) is 0. The van der Waals surface area contributed by atoms with Gasteiger partial charge in [0.15, 0.2) is 6.10 Å². The predicted octanol–water partition coefficient (Wildman–Crippen LogP) is 1.93. The van der Waals surface area contributed by atoms with Gasteiger partial charge in [-0.2, -0.15) is 0 Å². The van der Waals surface area contributed by atoms with Gasteiger partial charge in [-0.25, -0.2) is 0 Å². The first-order chi connectivity index (χ1) is 11.2. The number of carbonyl (C=O) groups excluding carboxylic acids is 3. The second-order valence-electron chi connectivity index (χ2n) is 6.07. The molecule has 0 aromatic carbocycles. The van der Waals surface area contributed by atoms with Crippen LogP contribution in [-0.4, -0.2) is 48.9 Å². The first-order valence-electron chi connectivity index (χ1n) is 7.95. The molecule has 136 valence electrons. The highest BCUT2D eigenvalue weighted by Crippen LogP contribution is 2.28. The number of hydrogen-bond donors (Lipinski definition) is 0. The van der Waals surface area contributed by atoms with E-state index in [4.69, 9.17) is 18.9 Å². The van der Waals surface area contributed by atoms with E-state index in [1.54, 1.807) is 0 Å². The van der Waals surface area contributed by atoms with Crippen molar-refractivity contribution in [2.45, 2.75) is 71.9 Å². The van der Waals surface area contributed by atoms with Crippen LogP contribution in [0.2, 0.25) is 0 Å². The van der Waals surface area contributed by atoms with Crippen molar-refractivity contribution in [3.05, 3.63) is 11.6 Å². The van der Waals surface area contributed by atoms with Crippen molar-refractivity contribution < 1.29 is 33.3 Å². The molecule has 0 unspecified atom stereocenters. The number of hydrogen-bond acceptors (Lipinski definition) is 7. The van der Waals surface area contributed by atoms with Crippen LogP contribution in [0, 0.1) is 0 Å². The highest BCUT2D eigenvalue weighted by Gasteiger charge is 2.43. The first-order valence-corrected chi connectivity index (χ1v) is 7.95. The maximum absolute atomic E-state index is 11.4. The normalized spacial score (nSPS) is 26.2. The predicted molar refractivity (Wildman–Crippen MR) is 85.1 cm³/mol. The summed E-state index contributed by atoms with van der Waals surface area (Å²) in [6.45, 7) is 7.73. The SMILES string of the molecule is CC(=O)OC[C@H]1O[C@@H](CC=C(C)C)C[C@@H](OC(C)=O)[C@@H]1OC(C)=O. The highest BCUT2D eigenvalue weighted by atomic mass is 16.6. The third-order valence-electron chi connectivity index (χ3n) is 3.45. The van der Waals surface area contributed by atoms with Crippen LogP contribution in [0.3, 0.4) is 0 Å². The Hall–Kier alpha value is -1.89. The zero-order valence-electron chi connectivity index (χ0n) is 14.9. The molecule has 0 radical (unpaired) electrons. The molecule has 0 N–H and O–H groups in total. The Morgan fingerprint density at radius 1 is 1.00 bits per heavy atom. The lowest BCUT2D eigenvalue weighted by Gasteiger charge is -2.40. The van der Waals surface area contributed by atoms with Crippen LogP contribution in [0.4, 0.5) is 0 Å². The first kappa shape index (κ1) is 20.2. The van der Waals surface area contributed by atoms with Crippen molar-refractivity contribution >= 4 is 17.9 Å². The van der Waals surface area contributed by atoms with Gasteiger partial charge in [-0.3, -0.25) is 14.4 Å². The van der Waals surface area contributed by atoms with Crippen molar-refractivity contribution in [2.24, 2.45) is 0 Å². The minimum Gasteiger partial charge on any atom is -0.463 e. The van der Waals surface area contributed by atoms with Gasteiger partial charge in [0, 0.05) is 27.2 Å². The Bertz CT molecular complexity index is 493. The van der Waals surface area contributed by atoms with Crippen LogP contribution in [0.15, 0.2) is 11.6 Å². The second kappa shape index (κ2) is 9.42. The van der Waals surface area contributed by atoms with Gasteiger partial charge in [0.2, 0.25) is 0 Å². The monoisotopic (exact) mass is 342 g/mol. The molecule has 1 aliphatic rings. The van der Waals surface area contributed by atoms with Crippen LogP contribution in [0.25, 0.3) is 0 Å². The lowest BCUT2D eigenvalue weighted by molar-refractivity contribution is -0.214. The van der Waals surface area contributed by atoms with Gasteiger partial charge >= 0.3 is 17.9 Å². The summed E-state index contributed by atoms with van der Waals surface area (Å²) in [6, 6.07) is 0. The van der Waals surface area contributed by atoms with E-state index >= 15 is 0 Å². The lowest BCUT2D eigenvalue weighted by Crippen LogP contribution is -2.53. The molecule has 0 spiro atoms. The van der Waals surface area contributed by atoms with Crippen LogP contribution in [0.5, 0.6) is 0 Å². The van der Waals surface area contributed by atoms with Crippen molar-refractivity contribution in [3.8, 4) is 0 Å². The average Bonchev–Trinajstić information content (AvgIpc) is 2.44. The fraction of sp³-hybridized carbons (Fsp3) is 0.706. The van der Waals surface area contributed by atoms with Crippen LogP contribution < -0.4 is 0 Å². The fourth-order valence-corrected chi connectivity index (χ4v) is 2.54. The lowest BCUT2D eigenvalue weighted by atomic mass is 9.95. The average molecular weight is 342 g/mol. The number of carbonyl (C=O) groups is 3. The van der Waals surface area contributed by atoms with E-state index in [2.05, 4.69) is 0 Å². The Labute approximate surface area is 142 Å². The number of allylic oxidation sites excluding steroid dienone is 1. The minimum absolute atomic E-state index is 0.0730. The molecule has 1 heterocycles.